The lowest BCUT2D eigenvalue weighted by Gasteiger charge is -2.25. The van der Waals surface area contributed by atoms with E-state index < -0.39 is 29.5 Å². The second-order valence-electron chi connectivity index (χ2n) is 6.13. The van der Waals surface area contributed by atoms with Crippen LogP contribution < -0.4 is 11.0 Å². The Labute approximate surface area is 149 Å². The smallest absolute Gasteiger partial charge is 0.329 e. The van der Waals surface area contributed by atoms with Crippen LogP contribution in [0.4, 0.5) is 8.78 Å². The highest BCUT2D eigenvalue weighted by Gasteiger charge is 2.29. The molecule has 0 bridgehead atoms. The number of aliphatic hydroxyl groups is 1. The van der Waals surface area contributed by atoms with Gasteiger partial charge in [-0.15, -0.1) is 0 Å². The van der Waals surface area contributed by atoms with Crippen LogP contribution in [0.15, 0.2) is 47.3 Å². The molecule has 0 saturated heterocycles. The first-order chi connectivity index (χ1) is 12.5. The van der Waals surface area contributed by atoms with Crippen molar-refractivity contribution < 1.29 is 13.9 Å². The van der Waals surface area contributed by atoms with E-state index in [2.05, 4.69) is 5.32 Å². The predicted molar refractivity (Wildman–Crippen MR) is 96.3 cm³/mol. The largest absolute Gasteiger partial charge is 0.389 e. The summed E-state index contributed by atoms with van der Waals surface area (Å²) in [5.74, 6) is -1.05. The van der Waals surface area contributed by atoms with Crippen molar-refractivity contribution in [3.63, 3.8) is 0 Å². The van der Waals surface area contributed by atoms with Crippen LogP contribution in [0.5, 0.6) is 0 Å². The minimum absolute atomic E-state index is 0.101. The van der Waals surface area contributed by atoms with Gasteiger partial charge >= 0.3 is 5.69 Å². The number of likely N-dealkylation sites (N-methyl/N-ethyl adjacent to an activating group) is 1. The van der Waals surface area contributed by atoms with Crippen LogP contribution in [0, 0.1) is 11.6 Å². The highest BCUT2D eigenvalue weighted by molar-refractivity contribution is 5.77. The molecule has 0 aliphatic rings. The van der Waals surface area contributed by atoms with E-state index in [9.17, 15) is 18.7 Å². The van der Waals surface area contributed by atoms with Crippen molar-refractivity contribution in [3.8, 4) is 0 Å². The number of nitrogens with zero attached hydrogens (tertiary/aromatic N) is 2. The first kappa shape index (κ1) is 18.3. The molecule has 0 spiro atoms. The molecule has 138 valence electrons. The molecule has 0 fully saturated rings. The summed E-state index contributed by atoms with van der Waals surface area (Å²) in [5.41, 5.74) is 0.490. The number of benzene rings is 2. The average molecular weight is 361 g/mol. The molecule has 2 aromatic carbocycles. The van der Waals surface area contributed by atoms with Gasteiger partial charge in [-0.05, 0) is 43.8 Å². The fourth-order valence-corrected chi connectivity index (χ4v) is 3.41. The molecule has 3 rings (SSSR count). The highest BCUT2D eigenvalue weighted by Crippen LogP contribution is 2.28. The van der Waals surface area contributed by atoms with Crippen LogP contribution in [0.25, 0.3) is 11.0 Å². The minimum Gasteiger partial charge on any atom is -0.389 e. The van der Waals surface area contributed by atoms with Crippen LogP contribution in [-0.2, 0) is 6.54 Å². The predicted octanol–water partition coefficient (Wildman–Crippen LogP) is 2.27. The Morgan fingerprint density at radius 2 is 1.92 bits per heavy atom. The Hall–Kier alpha value is -2.51. The Balaban J connectivity index is 2.35. The lowest BCUT2D eigenvalue weighted by molar-refractivity contribution is 0.130. The lowest BCUT2D eigenvalue weighted by atomic mass is 10.0. The molecule has 0 saturated carbocycles. The van der Waals surface area contributed by atoms with Gasteiger partial charge in [0.05, 0.1) is 17.7 Å². The van der Waals surface area contributed by atoms with Gasteiger partial charge in [0.1, 0.15) is 17.2 Å². The van der Waals surface area contributed by atoms with E-state index in [1.165, 1.54) is 39.5 Å². The van der Waals surface area contributed by atoms with Crippen molar-refractivity contribution in [2.24, 2.45) is 0 Å². The van der Waals surface area contributed by atoms with Crippen molar-refractivity contribution in [3.05, 3.63) is 70.1 Å². The van der Waals surface area contributed by atoms with Crippen molar-refractivity contribution in [1.29, 1.82) is 0 Å². The molecule has 0 radical (unpaired) electrons. The number of aryl methyl sites for hydroxylation is 1. The third-order valence-electron chi connectivity index (χ3n) is 4.50. The monoisotopic (exact) mass is 361 g/mol. The zero-order chi connectivity index (χ0) is 18.8. The fourth-order valence-electron chi connectivity index (χ4n) is 3.41. The number of fused-ring (bicyclic) bond motifs is 1. The van der Waals surface area contributed by atoms with E-state index >= 15 is 0 Å². The Bertz CT molecular complexity index is 981. The molecule has 3 aromatic rings. The molecule has 2 N–H and O–H groups in total. The van der Waals surface area contributed by atoms with Crippen LogP contribution in [-0.4, -0.2) is 33.9 Å². The van der Waals surface area contributed by atoms with Gasteiger partial charge in [0.2, 0.25) is 0 Å². The minimum atomic E-state index is -1.06. The fraction of sp³-hybridized carbons (Fsp3) is 0.316. The quantitative estimate of drug-likeness (QED) is 0.708. The molecule has 0 aliphatic heterocycles. The van der Waals surface area contributed by atoms with Crippen molar-refractivity contribution >= 4 is 11.0 Å². The molecular weight excluding hydrogens is 340 g/mol. The topological polar surface area (TPSA) is 59.2 Å². The molecule has 2 unspecified atom stereocenters. The molecule has 7 heteroatoms. The van der Waals surface area contributed by atoms with E-state index in [4.69, 9.17) is 0 Å². The summed E-state index contributed by atoms with van der Waals surface area (Å²) >= 11 is 0. The first-order valence-electron chi connectivity index (χ1n) is 8.47. The molecule has 2 atom stereocenters. The van der Waals surface area contributed by atoms with Gasteiger partial charge in [0.25, 0.3) is 0 Å². The third kappa shape index (κ3) is 3.04. The number of aliphatic hydroxyl groups excluding tert-OH is 1. The van der Waals surface area contributed by atoms with Crippen LogP contribution in [0.3, 0.4) is 0 Å². The van der Waals surface area contributed by atoms with Gasteiger partial charge < -0.3 is 10.4 Å². The highest BCUT2D eigenvalue weighted by atomic mass is 19.1. The van der Waals surface area contributed by atoms with Gasteiger partial charge in [-0.25, -0.2) is 13.6 Å². The number of imidazole rings is 1. The van der Waals surface area contributed by atoms with E-state index in [0.29, 0.717) is 17.6 Å². The summed E-state index contributed by atoms with van der Waals surface area (Å²) in [4.78, 5) is 13.0. The number of hydrogen-bond donors (Lipinski definition) is 2. The molecule has 0 aliphatic carbocycles. The molecule has 1 heterocycles. The number of para-hydroxylation sites is 1. The van der Waals surface area contributed by atoms with Crippen LogP contribution >= 0.6 is 0 Å². The molecular formula is C19H21F2N3O2. The number of nitrogens with one attached hydrogen (secondary N) is 1. The zero-order valence-electron chi connectivity index (χ0n) is 14.6. The van der Waals surface area contributed by atoms with Gasteiger partial charge in [0.15, 0.2) is 0 Å². The Morgan fingerprint density at radius 1 is 1.19 bits per heavy atom. The van der Waals surface area contributed by atoms with E-state index in [1.54, 1.807) is 26.1 Å². The summed E-state index contributed by atoms with van der Waals surface area (Å²) in [5, 5.41) is 13.5. The van der Waals surface area contributed by atoms with Crippen LogP contribution in [0.1, 0.15) is 18.5 Å². The SMILES string of the molecule is CCn1c(=O)n(C(c2cccc(F)c2)C(O)CNC)c2c(F)cccc21. The number of rotatable bonds is 6. The van der Waals surface area contributed by atoms with E-state index in [1.807, 2.05) is 0 Å². The maximum Gasteiger partial charge on any atom is 0.329 e. The summed E-state index contributed by atoms with van der Waals surface area (Å²) < 4.78 is 31.1. The van der Waals surface area contributed by atoms with Crippen molar-refractivity contribution in [2.45, 2.75) is 25.6 Å². The normalized spacial score (nSPS) is 13.9. The van der Waals surface area contributed by atoms with Crippen LogP contribution in [0.2, 0.25) is 0 Å². The van der Waals surface area contributed by atoms with Gasteiger partial charge in [-0.1, -0.05) is 18.2 Å². The first-order valence-corrected chi connectivity index (χ1v) is 8.47. The second kappa shape index (κ2) is 7.39. The maximum absolute atomic E-state index is 14.6. The molecule has 26 heavy (non-hydrogen) atoms. The second-order valence-corrected chi connectivity index (χ2v) is 6.13. The summed E-state index contributed by atoms with van der Waals surface area (Å²) in [6, 6.07) is 9.19. The van der Waals surface area contributed by atoms with Crippen molar-refractivity contribution in [1.82, 2.24) is 14.5 Å². The Morgan fingerprint density at radius 3 is 2.58 bits per heavy atom. The molecule has 5 nitrogen and oxygen atoms in total. The van der Waals surface area contributed by atoms with E-state index in [0.717, 1.165) is 0 Å². The van der Waals surface area contributed by atoms with Gasteiger partial charge in [-0.3, -0.25) is 9.13 Å². The number of halogens is 2. The summed E-state index contributed by atoms with van der Waals surface area (Å²) in [6.45, 7) is 2.29. The third-order valence-corrected chi connectivity index (χ3v) is 4.50. The van der Waals surface area contributed by atoms with E-state index in [-0.39, 0.29) is 12.1 Å². The molecule has 1 aromatic heterocycles. The number of aromatic nitrogens is 2. The maximum atomic E-state index is 14.6. The van der Waals surface area contributed by atoms with Crippen molar-refractivity contribution in [2.75, 3.05) is 13.6 Å². The Kier molecular flexibility index (Phi) is 5.20. The standard InChI is InChI=1S/C19H21F2N3O2/c1-3-23-15-9-5-8-14(21)18(15)24(19(23)26)17(16(25)11-22-2)12-6-4-7-13(20)10-12/h4-10,16-17,22,25H,3,11H2,1-2H3. The van der Waals surface area contributed by atoms with Gasteiger partial charge in [0, 0.05) is 13.1 Å². The summed E-state index contributed by atoms with van der Waals surface area (Å²) in [7, 11) is 1.66. The molecule has 0 amide bonds. The van der Waals surface area contributed by atoms with Gasteiger partial charge in [-0.2, -0.15) is 0 Å². The average Bonchev–Trinajstić information content (AvgIpc) is 2.89. The number of hydrogen-bond acceptors (Lipinski definition) is 3. The zero-order valence-corrected chi connectivity index (χ0v) is 14.6. The lowest BCUT2D eigenvalue weighted by Crippen LogP contribution is -2.38. The summed E-state index contributed by atoms with van der Waals surface area (Å²) in [6.07, 6.45) is -1.06.